The number of hydrogen-bond acceptors (Lipinski definition) is 4. The van der Waals surface area contributed by atoms with Crippen molar-refractivity contribution >= 4 is 22.1 Å². The molecule has 1 fully saturated rings. The molecule has 1 aliphatic rings. The first-order chi connectivity index (χ1) is 9.12. The number of nitrogens with zero attached hydrogens (tertiary/aromatic N) is 2. The van der Waals surface area contributed by atoms with Crippen LogP contribution in [0, 0.1) is 11.3 Å². The van der Waals surface area contributed by atoms with E-state index in [2.05, 4.69) is 24.1 Å². The van der Waals surface area contributed by atoms with Crippen molar-refractivity contribution in [1.29, 1.82) is 0 Å². The molecule has 0 bridgehead atoms. The third-order valence-corrected chi connectivity index (χ3v) is 5.10. The van der Waals surface area contributed by atoms with Crippen LogP contribution in [-0.2, 0) is 11.2 Å². The number of imidazole rings is 1. The Labute approximate surface area is 116 Å². The van der Waals surface area contributed by atoms with Gasteiger partial charge in [0.1, 0.15) is 5.78 Å². The number of Topliss-reactive ketones (excluding diaryl/α,β-unsaturated/α-hetero) is 1. The fourth-order valence-electron chi connectivity index (χ4n) is 2.97. The van der Waals surface area contributed by atoms with Crippen molar-refractivity contribution in [2.24, 2.45) is 11.3 Å². The molecule has 1 saturated heterocycles. The molecule has 0 radical (unpaired) electrons. The summed E-state index contributed by atoms with van der Waals surface area (Å²) in [6.45, 7) is 6.06. The van der Waals surface area contributed by atoms with E-state index >= 15 is 0 Å². The molecule has 0 spiro atoms. The van der Waals surface area contributed by atoms with Gasteiger partial charge in [-0.1, -0.05) is 13.8 Å². The standard InChI is InChI=1S/C14H19N3OS/c1-10(2)14(3-4-15-9-14)12(18)7-11-8-17-5-6-19-13(17)16-11/h5-6,8,10,15H,3-4,7,9H2,1-2H3. The van der Waals surface area contributed by atoms with Gasteiger partial charge in [-0.3, -0.25) is 9.20 Å². The molecular formula is C14H19N3OS. The van der Waals surface area contributed by atoms with Gasteiger partial charge in [-0.15, -0.1) is 11.3 Å². The number of fused-ring (bicyclic) bond motifs is 1. The summed E-state index contributed by atoms with van der Waals surface area (Å²) in [7, 11) is 0. The summed E-state index contributed by atoms with van der Waals surface area (Å²) < 4.78 is 1.99. The van der Waals surface area contributed by atoms with E-state index in [0.717, 1.165) is 30.2 Å². The summed E-state index contributed by atoms with van der Waals surface area (Å²) in [6, 6.07) is 0. The Kier molecular flexibility index (Phi) is 3.19. The van der Waals surface area contributed by atoms with Gasteiger partial charge < -0.3 is 5.32 Å². The number of carbonyl (C=O) groups is 1. The number of thiazole rings is 1. The quantitative estimate of drug-likeness (QED) is 0.931. The zero-order valence-electron chi connectivity index (χ0n) is 11.3. The summed E-state index contributed by atoms with van der Waals surface area (Å²) in [5, 5.41) is 5.34. The zero-order chi connectivity index (χ0) is 13.5. The number of carbonyl (C=O) groups excluding carboxylic acids is 1. The zero-order valence-corrected chi connectivity index (χ0v) is 12.2. The number of nitrogens with one attached hydrogen (secondary N) is 1. The predicted molar refractivity (Wildman–Crippen MR) is 76.5 cm³/mol. The SMILES string of the molecule is CC(C)C1(C(=O)Cc2cn3ccsc3n2)CCNC1. The van der Waals surface area contributed by atoms with Gasteiger partial charge >= 0.3 is 0 Å². The monoisotopic (exact) mass is 277 g/mol. The van der Waals surface area contributed by atoms with Crippen molar-refractivity contribution in [3.05, 3.63) is 23.5 Å². The van der Waals surface area contributed by atoms with Crippen LogP contribution in [-0.4, -0.2) is 28.3 Å². The van der Waals surface area contributed by atoms with E-state index in [9.17, 15) is 4.79 Å². The fourth-order valence-corrected chi connectivity index (χ4v) is 3.68. The van der Waals surface area contributed by atoms with Crippen LogP contribution >= 0.6 is 11.3 Å². The molecule has 3 heterocycles. The largest absolute Gasteiger partial charge is 0.316 e. The number of aromatic nitrogens is 2. The molecule has 1 unspecified atom stereocenters. The van der Waals surface area contributed by atoms with Crippen molar-refractivity contribution < 1.29 is 4.79 Å². The Bertz CT molecular complexity index is 564. The Hall–Kier alpha value is -1.20. The summed E-state index contributed by atoms with van der Waals surface area (Å²) in [4.78, 5) is 18.2. The summed E-state index contributed by atoms with van der Waals surface area (Å²) >= 11 is 1.60. The molecule has 1 atom stereocenters. The van der Waals surface area contributed by atoms with Crippen LogP contribution in [0.15, 0.2) is 17.8 Å². The van der Waals surface area contributed by atoms with Gasteiger partial charge in [0.2, 0.25) is 0 Å². The first kappa shape index (κ1) is 12.8. The predicted octanol–water partition coefficient (Wildman–Crippen LogP) is 2.14. The normalized spacial score (nSPS) is 23.5. The minimum Gasteiger partial charge on any atom is -0.316 e. The molecule has 0 amide bonds. The molecule has 0 saturated carbocycles. The van der Waals surface area contributed by atoms with E-state index in [4.69, 9.17) is 0 Å². The van der Waals surface area contributed by atoms with E-state index < -0.39 is 0 Å². The highest BCUT2D eigenvalue weighted by atomic mass is 32.1. The van der Waals surface area contributed by atoms with Gasteiger partial charge in [-0.2, -0.15) is 0 Å². The number of hydrogen-bond donors (Lipinski definition) is 1. The number of ketones is 1. The summed E-state index contributed by atoms with van der Waals surface area (Å²) in [6.07, 6.45) is 5.36. The average molecular weight is 277 g/mol. The minimum atomic E-state index is -0.197. The van der Waals surface area contributed by atoms with Gasteiger partial charge in [0.25, 0.3) is 0 Å². The van der Waals surface area contributed by atoms with Crippen LogP contribution in [0.2, 0.25) is 0 Å². The van der Waals surface area contributed by atoms with Crippen molar-refractivity contribution in [2.75, 3.05) is 13.1 Å². The van der Waals surface area contributed by atoms with E-state index in [0.29, 0.717) is 18.1 Å². The maximum atomic E-state index is 12.7. The van der Waals surface area contributed by atoms with E-state index in [-0.39, 0.29) is 5.41 Å². The van der Waals surface area contributed by atoms with Crippen LogP contribution < -0.4 is 5.32 Å². The molecule has 2 aromatic rings. The smallest absolute Gasteiger partial charge is 0.193 e. The third kappa shape index (κ3) is 2.11. The molecule has 19 heavy (non-hydrogen) atoms. The second-order valence-corrected chi connectivity index (χ2v) is 6.54. The van der Waals surface area contributed by atoms with Crippen molar-refractivity contribution in [1.82, 2.24) is 14.7 Å². The molecule has 4 nitrogen and oxygen atoms in total. The van der Waals surface area contributed by atoms with Crippen LogP contribution in [0.1, 0.15) is 26.0 Å². The van der Waals surface area contributed by atoms with Gasteiger partial charge in [-0.25, -0.2) is 4.98 Å². The molecule has 0 aromatic carbocycles. The number of rotatable bonds is 4. The fraction of sp³-hybridized carbons (Fsp3) is 0.571. The van der Waals surface area contributed by atoms with Gasteiger partial charge in [0.05, 0.1) is 12.1 Å². The van der Waals surface area contributed by atoms with Crippen LogP contribution in [0.25, 0.3) is 4.96 Å². The Morgan fingerprint density at radius 1 is 1.63 bits per heavy atom. The lowest BCUT2D eigenvalue weighted by Crippen LogP contribution is -2.39. The molecular weight excluding hydrogens is 258 g/mol. The molecule has 1 N–H and O–H groups in total. The average Bonchev–Trinajstić information content (AvgIpc) is 3.02. The highest BCUT2D eigenvalue weighted by Gasteiger charge is 2.43. The Balaban J connectivity index is 1.82. The molecule has 3 rings (SSSR count). The Morgan fingerprint density at radius 3 is 3.11 bits per heavy atom. The van der Waals surface area contributed by atoms with E-state index in [1.807, 2.05) is 22.2 Å². The van der Waals surface area contributed by atoms with E-state index in [1.165, 1.54) is 0 Å². The van der Waals surface area contributed by atoms with Gasteiger partial charge in [0.15, 0.2) is 4.96 Å². The summed E-state index contributed by atoms with van der Waals surface area (Å²) in [5.74, 6) is 0.706. The lowest BCUT2D eigenvalue weighted by molar-refractivity contribution is -0.129. The highest BCUT2D eigenvalue weighted by molar-refractivity contribution is 7.15. The van der Waals surface area contributed by atoms with Crippen LogP contribution in [0.4, 0.5) is 0 Å². The van der Waals surface area contributed by atoms with Gasteiger partial charge in [-0.05, 0) is 18.9 Å². The molecule has 1 aliphatic heterocycles. The van der Waals surface area contributed by atoms with Gasteiger partial charge in [0, 0.05) is 29.7 Å². The van der Waals surface area contributed by atoms with Crippen LogP contribution in [0.5, 0.6) is 0 Å². The summed E-state index contributed by atoms with van der Waals surface area (Å²) in [5.41, 5.74) is 0.695. The molecule has 2 aromatic heterocycles. The lowest BCUT2D eigenvalue weighted by atomic mass is 9.72. The first-order valence-corrected chi connectivity index (χ1v) is 7.65. The van der Waals surface area contributed by atoms with Crippen LogP contribution in [0.3, 0.4) is 0 Å². The second kappa shape index (κ2) is 4.72. The maximum Gasteiger partial charge on any atom is 0.193 e. The molecule has 102 valence electrons. The topological polar surface area (TPSA) is 46.4 Å². The van der Waals surface area contributed by atoms with Crippen molar-refractivity contribution in [3.63, 3.8) is 0 Å². The highest BCUT2D eigenvalue weighted by Crippen LogP contribution is 2.36. The van der Waals surface area contributed by atoms with Crippen molar-refractivity contribution in [3.8, 4) is 0 Å². The lowest BCUT2D eigenvalue weighted by Gasteiger charge is -2.30. The third-order valence-electron chi connectivity index (χ3n) is 4.33. The van der Waals surface area contributed by atoms with Crippen molar-refractivity contribution in [2.45, 2.75) is 26.7 Å². The van der Waals surface area contributed by atoms with E-state index in [1.54, 1.807) is 11.3 Å². The second-order valence-electron chi connectivity index (χ2n) is 5.66. The maximum absolute atomic E-state index is 12.7. The minimum absolute atomic E-state index is 0.197. The first-order valence-electron chi connectivity index (χ1n) is 6.77. The Morgan fingerprint density at radius 2 is 2.47 bits per heavy atom. The molecule has 5 heteroatoms. The molecule has 0 aliphatic carbocycles.